The molecular weight excluding hydrogens is 246 g/mol. The molecule has 0 radical (unpaired) electrons. The molecule has 0 bridgehead atoms. The summed E-state index contributed by atoms with van der Waals surface area (Å²) < 4.78 is 10.3. The summed E-state index contributed by atoms with van der Waals surface area (Å²) in [5, 5.41) is 13.2. The van der Waals surface area contributed by atoms with Crippen molar-refractivity contribution in [3.63, 3.8) is 0 Å². The Balaban J connectivity index is 2.65. The van der Waals surface area contributed by atoms with Gasteiger partial charge in [0.2, 0.25) is 5.91 Å². The molecule has 1 heterocycles. The van der Waals surface area contributed by atoms with E-state index in [1.807, 2.05) is 6.92 Å². The Kier molecular flexibility index (Phi) is 5.14. The molecule has 5 heteroatoms. The number of hydrogen-bond acceptors (Lipinski definition) is 4. The first-order chi connectivity index (χ1) is 8.77. The fourth-order valence-corrected chi connectivity index (χ4v) is 2.02. The van der Waals surface area contributed by atoms with E-state index in [-0.39, 0.29) is 18.4 Å². The molecule has 2 atom stereocenters. The highest BCUT2D eigenvalue weighted by atomic mass is 16.5. The smallest absolute Gasteiger partial charge is 0.225 e. The molecule has 0 aliphatic heterocycles. The molecule has 2 unspecified atom stereocenters. The molecule has 0 saturated carbocycles. The molecule has 0 fully saturated rings. The topological polar surface area (TPSA) is 71.7 Å². The molecular formula is C14H23NO4. The summed E-state index contributed by atoms with van der Waals surface area (Å²) in [6.45, 7) is 7.56. The number of rotatable bonds is 6. The first kappa shape index (κ1) is 15.7. The number of amides is 1. The van der Waals surface area contributed by atoms with Gasteiger partial charge in [-0.1, -0.05) is 6.92 Å². The van der Waals surface area contributed by atoms with Gasteiger partial charge < -0.3 is 19.6 Å². The highest BCUT2D eigenvalue weighted by Gasteiger charge is 2.28. The molecule has 0 saturated heterocycles. The van der Waals surface area contributed by atoms with Crippen molar-refractivity contribution in [1.82, 2.24) is 5.32 Å². The Labute approximate surface area is 113 Å². The number of ether oxygens (including phenoxy) is 1. The van der Waals surface area contributed by atoms with Crippen molar-refractivity contribution >= 4 is 5.91 Å². The zero-order chi connectivity index (χ0) is 14.6. The van der Waals surface area contributed by atoms with Crippen LogP contribution in [0.15, 0.2) is 10.5 Å². The fraction of sp³-hybridized carbons (Fsp3) is 0.643. The van der Waals surface area contributed by atoms with Crippen LogP contribution >= 0.6 is 0 Å². The summed E-state index contributed by atoms with van der Waals surface area (Å²) in [4.78, 5) is 11.8. The number of hydrogen-bond donors (Lipinski definition) is 2. The van der Waals surface area contributed by atoms with Crippen molar-refractivity contribution < 1.29 is 19.1 Å². The van der Waals surface area contributed by atoms with Gasteiger partial charge >= 0.3 is 0 Å². The van der Waals surface area contributed by atoms with Gasteiger partial charge in [-0.2, -0.15) is 0 Å². The summed E-state index contributed by atoms with van der Waals surface area (Å²) in [6.07, 6.45) is 0. The molecule has 108 valence electrons. The predicted octanol–water partition coefficient (Wildman–Crippen LogP) is 1.50. The van der Waals surface area contributed by atoms with Crippen molar-refractivity contribution in [2.24, 2.45) is 5.92 Å². The SMILES string of the molecule is COCC(C)C(=O)NCC(C)(O)c1cc(C)oc1C. The Bertz CT molecular complexity index is 437. The second-order valence-electron chi connectivity index (χ2n) is 5.17. The van der Waals surface area contributed by atoms with Gasteiger partial charge in [-0.25, -0.2) is 0 Å². The highest BCUT2D eigenvalue weighted by Crippen LogP contribution is 2.26. The summed E-state index contributed by atoms with van der Waals surface area (Å²) in [7, 11) is 1.55. The molecule has 0 aliphatic carbocycles. The minimum absolute atomic E-state index is 0.139. The van der Waals surface area contributed by atoms with Gasteiger partial charge in [0, 0.05) is 12.7 Å². The van der Waals surface area contributed by atoms with Crippen LogP contribution in [0.25, 0.3) is 0 Å². The van der Waals surface area contributed by atoms with Crippen LogP contribution in [-0.2, 0) is 15.1 Å². The summed E-state index contributed by atoms with van der Waals surface area (Å²) >= 11 is 0. The number of aliphatic hydroxyl groups is 1. The zero-order valence-electron chi connectivity index (χ0n) is 12.2. The quantitative estimate of drug-likeness (QED) is 0.821. The minimum atomic E-state index is -1.15. The number of carbonyl (C=O) groups is 1. The van der Waals surface area contributed by atoms with Crippen LogP contribution < -0.4 is 5.32 Å². The molecule has 0 aliphatic rings. The molecule has 0 aromatic carbocycles. The van der Waals surface area contributed by atoms with Crippen molar-refractivity contribution in [2.45, 2.75) is 33.3 Å². The minimum Gasteiger partial charge on any atom is -0.466 e. The Morgan fingerprint density at radius 3 is 2.68 bits per heavy atom. The lowest BCUT2D eigenvalue weighted by molar-refractivity contribution is -0.127. The number of methoxy groups -OCH3 is 1. The van der Waals surface area contributed by atoms with Crippen LogP contribution in [0, 0.1) is 19.8 Å². The molecule has 1 aromatic heterocycles. The van der Waals surface area contributed by atoms with Gasteiger partial charge in [-0.05, 0) is 26.8 Å². The molecule has 19 heavy (non-hydrogen) atoms. The van der Waals surface area contributed by atoms with Crippen LogP contribution in [0.2, 0.25) is 0 Å². The van der Waals surface area contributed by atoms with Gasteiger partial charge in [0.15, 0.2) is 0 Å². The summed E-state index contributed by atoms with van der Waals surface area (Å²) in [5.74, 6) is 1.03. The van der Waals surface area contributed by atoms with Gasteiger partial charge in [0.05, 0.1) is 19.1 Å². The average molecular weight is 269 g/mol. The third-order valence-electron chi connectivity index (χ3n) is 3.09. The van der Waals surface area contributed by atoms with Crippen molar-refractivity contribution in [1.29, 1.82) is 0 Å². The van der Waals surface area contributed by atoms with E-state index in [0.717, 1.165) is 5.76 Å². The Hall–Kier alpha value is -1.33. The normalized spacial score (nSPS) is 15.9. The van der Waals surface area contributed by atoms with E-state index in [2.05, 4.69) is 5.32 Å². The molecule has 1 rings (SSSR count). The van der Waals surface area contributed by atoms with Crippen LogP contribution in [-0.4, -0.2) is 31.3 Å². The molecule has 0 spiro atoms. The van der Waals surface area contributed by atoms with Crippen molar-refractivity contribution in [2.75, 3.05) is 20.3 Å². The second-order valence-corrected chi connectivity index (χ2v) is 5.17. The second kappa shape index (κ2) is 6.21. The molecule has 1 amide bonds. The van der Waals surface area contributed by atoms with Crippen LogP contribution in [0.3, 0.4) is 0 Å². The average Bonchev–Trinajstić information content (AvgIpc) is 2.66. The lowest BCUT2D eigenvalue weighted by Gasteiger charge is -2.24. The van der Waals surface area contributed by atoms with E-state index in [4.69, 9.17) is 9.15 Å². The lowest BCUT2D eigenvalue weighted by atomic mass is 9.96. The Morgan fingerprint density at radius 1 is 1.58 bits per heavy atom. The maximum atomic E-state index is 11.8. The van der Waals surface area contributed by atoms with Crippen LogP contribution in [0.4, 0.5) is 0 Å². The van der Waals surface area contributed by atoms with E-state index < -0.39 is 5.60 Å². The van der Waals surface area contributed by atoms with E-state index in [1.165, 1.54) is 0 Å². The van der Waals surface area contributed by atoms with Crippen LogP contribution in [0.5, 0.6) is 0 Å². The molecule has 2 N–H and O–H groups in total. The zero-order valence-corrected chi connectivity index (χ0v) is 12.2. The number of carbonyl (C=O) groups excluding carboxylic acids is 1. The highest BCUT2D eigenvalue weighted by molar-refractivity contribution is 5.78. The lowest BCUT2D eigenvalue weighted by Crippen LogP contribution is -2.41. The molecule has 1 aromatic rings. The van der Waals surface area contributed by atoms with E-state index in [9.17, 15) is 9.90 Å². The monoisotopic (exact) mass is 269 g/mol. The third-order valence-corrected chi connectivity index (χ3v) is 3.09. The molecule has 5 nitrogen and oxygen atoms in total. The van der Waals surface area contributed by atoms with E-state index in [0.29, 0.717) is 17.9 Å². The number of aryl methyl sites for hydroxylation is 2. The third kappa shape index (κ3) is 4.08. The maximum Gasteiger partial charge on any atom is 0.225 e. The van der Waals surface area contributed by atoms with Gasteiger partial charge in [0.25, 0.3) is 0 Å². The van der Waals surface area contributed by atoms with Gasteiger partial charge in [0.1, 0.15) is 17.1 Å². The first-order valence-corrected chi connectivity index (χ1v) is 6.34. The maximum absolute atomic E-state index is 11.8. The number of furan rings is 1. The standard InChI is InChI=1S/C14H23NO4/c1-9(7-18-5)13(16)15-8-14(4,17)12-6-10(2)19-11(12)3/h6,9,17H,7-8H2,1-5H3,(H,15,16). The first-order valence-electron chi connectivity index (χ1n) is 6.34. The fourth-order valence-electron chi connectivity index (χ4n) is 2.02. The summed E-state index contributed by atoms with van der Waals surface area (Å²) in [6, 6.07) is 1.79. The van der Waals surface area contributed by atoms with E-state index in [1.54, 1.807) is 33.9 Å². The number of nitrogens with one attached hydrogen (secondary N) is 1. The van der Waals surface area contributed by atoms with Gasteiger partial charge in [-0.15, -0.1) is 0 Å². The Morgan fingerprint density at radius 2 is 2.21 bits per heavy atom. The van der Waals surface area contributed by atoms with Crippen molar-refractivity contribution in [3.05, 3.63) is 23.2 Å². The van der Waals surface area contributed by atoms with E-state index >= 15 is 0 Å². The largest absolute Gasteiger partial charge is 0.466 e. The predicted molar refractivity (Wildman–Crippen MR) is 71.8 cm³/mol. The van der Waals surface area contributed by atoms with Gasteiger partial charge in [-0.3, -0.25) is 4.79 Å². The van der Waals surface area contributed by atoms with Crippen molar-refractivity contribution in [3.8, 4) is 0 Å². The van der Waals surface area contributed by atoms with Crippen LogP contribution in [0.1, 0.15) is 30.9 Å². The summed E-state index contributed by atoms with van der Waals surface area (Å²) in [5.41, 5.74) is -0.450.